The molecule has 1 aliphatic heterocycles. The van der Waals surface area contributed by atoms with E-state index in [4.69, 9.17) is 14.7 Å². The number of benzene rings is 2. The first-order valence-electron chi connectivity index (χ1n) is 8.80. The second-order valence-electron chi connectivity index (χ2n) is 5.88. The lowest BCUT2D eigenvalue weighted by Crippen LogP contribution is -2.12. The van der Waals surface area contributed by atoms with Gasteiger partial charge in [-0.05, 0) is 42.8 Å². The minimum Gasteiger partial charge on any atom is -0.506 e. The van der Waals surface area contributed by atoms with Gasteiger partial charge in [0, 0.05) is 0 Å². The van der Waals surface area contributed by atoms with Gasteiger partial charge in [0.2, 0.25) is 0 Å². The van der Waals surface area contributed by atoms with Crippen LogP contribution in [0.5, 0.6) is 5.75 Å². The molecule has 2 aromatic carbocycles. The number of nitrogens with zero attached hydrogens (tertiary/aromatic N) is 2. The van der Waals surface area contributed by atoms with Gasteiger partial charge in [0.05, 0.1) is 30.3 Å². The zero-order valence-corrected chi connectivity index (χ0v) is 16.7. The SMILES string of the molecule is CCOC(=O)C1=C(O)/C(=C\c2cccc(C#N)c2)SC1=Nc1ccccc1OC. The number of aliphatic hydroxyl groups is 1. The standard InChI is InChI=1S/C22H18N2O4S/c1-3-28-22(26)19-20(25)18(12-14-7-6-8-15(11-14)13-23)29-21(19)24-16-9-4-5-10-17(16)27-2/h4-12,25H,3H2,1-2H3/b18-12+,24-21?. The first kappa shape index (κ1) is 20.2. The number of para-hydroxylation sites is 2. The molecule has 3 rings (SSSR count). The molecular weight excluding hydrogens is 388 g/mol. The number of methoxy groups -OCH3 is 1. The zero-order valence-electron chi connectivity index (χ0n) is 15.9. The molecule has 1 N–H and O–H groups in total. The van der Waals surface area contributed by atoms with Crippen LogP contribution in [0.4, 0.5) is 5.69 Å². The van der Waals surface area contributed by atoms with Crippen LogP contribution < -0.4 is 4.74 Å². The van der Waals surface area contributed by atoms with Crippen molar-refractivity contribution in [3.8, 4) is 11.8 Å². The van der Waals surface area contributed by atoms with E-state index in [1.807, 2.05) is 6.07 Å². The third-order valence-electron chi connectivity index (χ3n) is 3.99. The highest BCUT2D eigenvalue weighted by Crippen LogP contribution is 2.41. The second kappa shape index (κ2) is 9.13. The summed E-state index contributed by atoms with van der Waals surface area (Å²) in [7, 11) is 1.54. The number of thioether (sulfide) groups is 1. The molecule has 1 aliphatic rings. The fourth-order valence-electron chi connectivity index (χ4n) is 2.67. The van der Waals surface area contributed by atoms with Crippen LogP contribution in [-0.2, 0) is 9.53 Å². The van der Waals surface area contributed by atoms with Gasteiger partial charge in [0.1, 0.15) is 27.8 Å². The van der Waals surface area contributed by atoms with Gasteiger partial charge in [-0.25, -0.2) is 9.79 Å². The molecule has 0 aliphatic carbocycles. The van der Waals surface area contributed by atoms with E-state index in [2.05, 4.69) is 11.1 Å². The maximum absolute atomic E-state index is 12.5. The van der Waals surface area contributed by atoms with Gasteiger partial charge < -0.3 is 14.6 Å². The number of carbonyl (C=O) groups is 1. The topological polar surface area (TPSA) is 91.9 Å². The number of esters is 1. The van der Waals surface area contributed by atoms with Crippen molar-refractivity contribution >= 4 is 34.5 Å². The summed E-state index contributed by atoms with van der Waals surface area (Å²) in [5.41, 5.74) is 1.75. The van der Waals surface area contributed by atoms with Crippen LogP contribution in [0, 0.1) is 11.3 Å². The predicted molar refractivity (Wildman–Crippen MR) is 113 cm³/mol. The molecule has 6 nitrogen and oxygen atoms in total. The molecule has 0 unspecified atom stereocenters. The number of aliphatic imine (C=N–C) groups is 1. The summed E-state index contributed by atoms with van der Waals surface area (Å²) in [5.74, 6) is -0.313. The maximum Gasteiger partial charge on any atom is 0.344 e. The minimum absolute atomic E-state index is 0.00504. The summed E-state index contributed by atoms with van der Waals surface area (Å²) >= 11 is 1.15. The number of hydrogen-bond acceptors (Lipinski definition) is 7. The molecule has 29 heavy (non-hydrogen) atoms. The maximum atomic E-state index is 12.5. The van der Waals surface area contributed by atoms with Crippen molar-refractivity contribution in [1.29, 1.82) is 5.26 Å². The predicted octanol–water partition coefficient (Wildman–Crippen LogP) is 4.76. The third-order valence-corrected chi connectivity index (χ3v) is 5.01. The van der Waals surface area contributed by atoms with E-state index in [0.717, 1.165) is 17.3 Å². The summed E-state index contributed by atoms with van der Waals surface area (Å²) in [4.78, 5) is 17.4. The Morgan fingerprint density at radius 1 is 1.28 bits per heavy atom. The van der Waals surface area contributed by atoms with E-state index in [0.29, 0.717) is 26.9 Å². The number of aliphatic hydroxyl groups excluding tert-OH is 1. The lowest BCUT2D eigenvalue weighted by molar-refractivity contribution is -0.138. The number of hydrogen-bond donors (Lipinski definition) is 1. The number of nitriles is 1. The van der Waals surface area contributed by atoms with Gasteiger partial charge in [0.25, 0.3) is 0 Å². The van der Waals surface area contributed by atoms with Gasteiger partial charge in [-0.1, -0.05) is 36.0 Å². The Morgan fingerprint density at radius 3 is 2.79 bits per heavy atom. The monoisotopic (exact) mass is 406 g/mol. The highest BCUT2D eigenvalue weighted by atomic mass is 32.2. The van der Waals surface area contributed by atoms with Crippen molar-refractivity contribution in [1.82, 2.24) is 0 Å². The molecule has 0 bridgehead atoms. The molecule has 0 fully saturated rings. The molecule has 7 heteroatoms. The average molecular weight is 406 g/mol. The van der Waals surface area contributed by atoms with E-state index < -0.39 is 5.97 Å². The smallest absolute Gasteiger partial charge is 0.344 e. The summed E-state index contributed by atoms with van der Waals surface area (Å²) in [6.07, 6.45) is 1.70. The number of ether oxygens (including phenoxy) is 2. The van der Waals surface area contributed by atoms with Crippen molar-refractivity contribution in [2.45, 2.75) is 6.92 Å². The van der Waals surface area contributed by atoms with Crippen molar-refractivity contribution in [3.05, 3.63) is 75.9 Å². The van der Waals surface area contributed by atoms with Crippen molar-refractivity contribution in [2.24, 2.45) is 4.99 Å². The van der Waals surface area contributed by atoms with Crippen LogP contribution in [0.2, 0.25) is 0 Å². The van der Waals surface area contributed by atoms with E-state index in [1.165, 1.54) is 7.11 Å². The molecule has 0 aromatic heterocycles. The van der Waals surface area contributed by atoms with Gasteiger partial charge in [0.15, 0.2) is 0 Å². The lowest BCUT2D eigenvalue weighted by atomic mass is 10.1. The van der Waals surface area contributed by atoms with Crippen LogP contribution in [0.3, 0.4) is 0 Å². The Balaban J connectivity index is 2.08. The summed E-state index contributed by atoms with van der Waals surface area (Å²) < 4.78 is 10.4. The fourth-order valence-corrected chi connectivity index (χ4v) is 3.70. The molecule has 1 heterocycles. The lowest BCUT2D eigenvalue weighted by Gasteiger charge is -2.06. The first-order valence-corrected chi connectivity index (χ1v) is 9.61. The van der Waals surface area contributed by atoms with Crippen molar-refractivity contribution in [3.63, 3.8) is 0 Å². The normalized spacial score (nSPS) is 16.2. The quantitative estimate of drug-likeness (QED) is 0.720. The van der Waals surface area contributed by atoms with Gasteiger partial charge in [-0.3, -0.25) is 0 Å². The third kappa shape index (κ3) is 4.50. The average Bonchev–Trinajstić information content (AvgIpc) is 3.03. The molecule has 146 valence electrons. The molecule has 0 amide bonds. The Morgan fingerprint density at radius 2 is 2.07 bits per heavy atom. The summed E-state index contributed by atoms with van der Waals surface area (Å²) in [5, 5.41) is 20.1. The summed E-state index contributed by atoms with van der Waals surface area (Å²) in [6.45, 7) is 1.87. The summed E-state index contributed by atoms with van der Waals surface area (Å²) in [6, 6.07) is 16.2. The Kier molecular flexibility index (Phi) is 6.37. The molecule has 0 spiro atoms. The van der Waals surface area contributed by atoms with Crippen LogP contribution in [0.25, 0.3) is 6.08 Å². The fraction of sp³-hybridized carbons (Fsp3) is 0.136. The Hall–Kier alpha value is -3.50. The minimum atomic E-state index is -0.652. The van der Waals surface area contributed by atoms with Crippen LogP contribution in [-0.4, -0.2) is 29.8 Å². The van der Waals surface area contributed by atoms with Gasteiger partial charge in [-0.2, -0.15) is 5.26 Å². The van der Waals surface area contributed by atoms with Gasteiger partial charge >= 0.3 is 5.97 Å². The van der Waals surface area contributed by atoms with Gasteiger partial charge in [-0.15, -0.1) is 0 Å². The van der Waals surface area contributed by atoms with E-state index >= 15 is 0 Å². The highest BCUT2D eigenvalue weighted by molar-refractivity contribution is 8.18. The van der Waals surface area contributed by atoms with Crippen molar-refractivity contribution in [2.75, 3.05) is 13.7 Å². The highest BCUT2D eigenvalue weighted by Gasteiger charge is 2.33. The Labute approximate surface area is 172 Å². The number of rotatable bonds is 5. The molecule has 0 radical (unpaired) electrons. The second-order valence-corrected chi connectivity index (χ2v) is 6.91. The van der Waals surface area contributed by atoms with Crippen molar-refractivity contribution < 1.29 is 19.4 Å². The molecular formula is C22H18N2O4S. The van der Waals surface area contributed by atoms with Crippen LogP contribution >= 0.6 is 11.8 Å². The Bertz CT molecular complexity index is 1080. The molecule has 0 saturated heterocycles. The molecule has 0 saturated carbocycles. The largest absolute Gasteiger partial charge is 0.506 e. The molecule has 0 atom stereocenters. The van der Waals surface area contributed by atoms with Crippen LogP contribution in [0.1, 0.15) is 18.1 Å². The van der Waals surface area contributed by atoms with E-state index in [1.54, 1.807) is 55.5 Å². The van der Waals surface area contributed by atoms with E-state index in [-0.39, 0.29) is 17.9 Å². The number of carbonyl (C=O) groups excluding carboxylic acids is 1. The first-order chi connectivity index (χ1) is 14.1. The van der Waals surface area contributed by atoms with E-state index in [9.17, 15) is 9.90 Å². The van der Waals surface area contributed by atoms with Crippen LogP contribution in [0.15, 0.2) is 69.8 Å². The zero-order chi connectivity index (χ0) is 20.8. The molecule has 2 aromatic rings.